The van der Waals surface area contributed by atoms with Crippen LogP contribution in [0.3, 0.4) is 0 Å². The molecule has 0 radical (unpaired) electrons. The summed E-state index contributed by atoms with van der Waals surface area (Å²) in [4.78, 5) is 20.3. The van der Waals surface area contributed by atoms with E-state index in [0.717, 1.165) is 62.6 Å². The van der Waals surface area contributed by atoms with Crippen LogP contribution in [0.1, 0.15) is 67.6 Å². The van der Waals surface area contributed by atoms with Crippen molar-refractivity contribution in [2.24, 2.45) is 16.7 Å². The van der Waals surface area contributed by atoms with E-state index in [2.05, 4.69) is 15.2 Å². The molecule has 2 saturated heterocycles. The molecule has 1 aromatic heterocycles. The fourth-order valence-electron chi connectivity index (χ4n) is 7.36. The van der Waals surface area contributed by atoms with Crippen LogP contribution in [0.15, 0.2) is 23.1 Å². The number of hydrogen-bond donors (Lipinski definition) is 1. The Hall–Kier alpha value is -2.70. The summed E-state index contributed by atoms with van der Waals surface area (Å²) < 4.78 is 76.0. The average molecular weight is 568 g/mol. The summed E-state index contributed by atoms with van der Waals surface area (Å²) in [5.74, 6) is 1.95. The first kappa shape index (κ1) is 25.3. The number of urea groups is 1. The highest BCUT2D eigenvalue weighted by atomic mass is 32.2. The van der Waals surface area contributed by atoms with Crippen LogP contribution in [0.25, 0.3) is 0 Å². The van der Waals surface area contributed by atoms with E-state index in [1.165, 1.54) is 12.8 Å². The molecular weight excluding hydrogens is 538 g/mol. The highest BCUT2D eigenvalue weighted by Crippen LogP contribution is 2.57. The number of carbonyl (C=O) groups is 1. The number of H-pyrrole nitrogens is 1. The van der Waals surface area contributed by atoms with Crippen LogP contribution in [0.4, 0.5) is 22.4 Å². The smallest absolute Gasteiger partial charge is 0.323 e. The van der Waals surface area contributed by atoms with Gasteiger partial charge in [-0.15, -0.1) is 0 Å². The molecule has 3 saturated carbocycles. The normalized spacial score (nSPS) is 24.3. The molecule has 2 spiro atoms. The number of halogens is 4. The molecule has 1 aromatic carbocycles. The van der Waals surface area contributed by atoms with Gasteiger partial charge in [-0.25, -0.2) is 22.6 Å². The van der Waals surface area contributed by atoms with Crippen molar-refractivity contribution in [3.8, 4) is 0 Å². The Labute approximate surface area is 223 Å². The molecule has 2 aliphatic heterocycles. The number of sulfone groups is 1. The molecule has 7 rings (SSSR count). The monoisotopic (exact) mass is 567 g/mol. The maximum absolute atomic E-state index is 13.9. The van der Waals surface area contributed by atoms with Crippen molar-refractivity contribution in [3.63, 3.8) is 0 Å². The van der Waals surface area contributed by atoms with Crippen LogP contribution in [0.5, 0.6) is 0 Å². The Kier molecular flexibility index (Phi) is 5.30. The van der Waals surface area contributed by atoms with E-state index in [1.807, 2.05) is 9.80 Å². The maximum Gasteiger partial charge on any atom is 0.501 e. The van der Waals surface area contributed by atoms with E-state index in [0.29, 0.717) is 37.4 Å². The Morgan fingerprint density at radius 1 is 0.974 bits per heavy atom. The molecular formula is C26H29F4N5O3S. The second-order valence-electron chi connectivity index (χ2n) is 12.7. The third-order valence-electron chi connectivity index (χ3n) is 9.37. The summed E-state index contributed by atoms with van der Waals surface area (Å²) in [6.07, 6.45) is 6.25. The van der Waals surface area contributed by atoms with E-state index in [-0.39, 0.29) is 28.3 Å². The zero-order valence-electron chi connectivity index (χ0n) is 21.2. The molecule has 0 atom stereocenters. The van der Waals surface area contributed by atoms with Gasteiger partial charge >= 0.3 is 11.5 Å². The predicted molar refractivity (Wildman–Crippen MR) is 130 cm³/mol. The van der Waals surface area contributed by atoms with Crippen LogP contribution in [0.2, 0.25) is 0 Å². The van der Waals surface area contributed by atoms with Gasteiger partial charge in [0.25, 0.3) is 9.84 Å². The third kappa shape index (κ3) is 4.22. The second kappa shape index (κ2) is 8.17. The van der Waals surface area contributed by atoms with Crippen molar-refractivity contribution >= 4 is 15.9 Å². The Balaban J connectivity index is 0.870. The first-order chi connectivity index (χ1) is 18.3. The van der Waals surface area contributed by atoms with Gasteiger partial charge in [-0.3, -0.25) is 5.10 Å². The number of nitrogens with one attached hydrogen (secondary N) is 1. The number of likely N-dealkylation sites (tertiary alicyclic amines) is 2. The molecule has 39 heavy (non-hydrogen) atoms. The largest absolute Gasteiger partial charge is 0.501 e. The summed E-state index contributed by atoms with van der Waals surface area (Å²) in [5, 5.41) is 7.48. The third-order valence-corrected chi connectivity index (χ3v) is 10.8. The van der Waals surface area contributed by atoms with Crippen molar-refractivity contribution in [1.29, 1.82) is 0 Å². The Bertz CT molecular complexity index is 1430. The number of benzene rings is 1. The molecule has 8 nitrogen and oxygen atoms in total. The molecule has 0 unspecified atom stereocenters. The van der Waals surface area contributed by atoms with E-state index in [9.17, 15) is 30.8 Å². The molecule has 2 amide bonds. The number of aromatic amines is 1. The maximum atomic E-state index is 13.9. The van der Waals surface area contributed by atoms with Crippen molar-refractivity contribution in [2.45, 2.75) is 67.2 Å². The zero-order chi connectivity index (χ0) is 27.4. The minimum Gasteiger partial charge on any atom is -0.323 e. The second-order valence-corrected chi connectivity index (χ2v) is 14.6. The Morgan fingerprint density at radius 2 is 1.59 bits per heavy atom. The number of aromatic nitrogens is 3. The first-order valence-electron chi connectivity index (χ1n) is 13.4. The van der Waals surface area contributed by atoms with Gasteiger partial charge < -0.3 is 9.80 Å². The van der Waals surface area contributed by atoms with Crippen LogP contribution in [-0.4, -0.2) is 71.1 Å². The van der Waals surface area contributed by atoms with Gasteiger partial charge in [-0.05, 0) is 74.6 Å². The van der Waals surface area contributed by atoms with Gasteiger partial charge in [0.05, 0.1) is 4.90 Å². The van der Waals surface area contributed by atoms with E-state index in [4.69, 9.17) is 0 Å². The molecule has 3 aliphatic carbocycles. The molecule has 1 N–H and O–H groups in total. The lowest BCUT2D eigenvalue weighted by Crippen LogP contribution is -2.70. The molecule has 210 valence electrons. The number of carbonyl (C=O) groups excluding carboxylic acids is 1. The van der Waals surface area contributed by atoms with Gasteiger partial charge in [-0.1, -0.05) is 0 Å². The first-order valence-corrected chi connectivity index (χ1v) is 14.9. The number of amides is 2. The topological polar surface area (TPSA) is 99.3 Å². The molecule has 3 heterocycles. The molecule has 0 bridgehead atoms. The predicted octanol–water partition coefficient (Wildman–Crippen LogP) is 4.37. The van der Waals surface area contributed by atoms with E-state index in [1.54, 1.807) is 0 Å². The minimum atomic E-state index is -5.60. The Morgan fingerprint density at radius 3 is 2.18 bits per heavy atom. The number of alkyl halides is 3. The highest BCUT2D eigenvalue weighted by Gasteiger charge is 2.59. The van der Waals surface area contributed by atoms with Crippen molar-refractivity contribution in [2.75, 3.05) is 26.2 Å². The standard InChI is InChI=1S/C26H29F4N5O3S/c27-19-4-15(5-20(6-19)39(37,38)26(28,29)30)3-16-7-24(8-16)11-34(12-24)23(36)35-13-25(14-35)9-18(10-25)22-31-21(32-33-22)17-1-2-17/h4-6,16-18H,1-3,7-14H2,(H,31,32,33). The quantitative estimate of drug-likeness (QED) is 0.541. The molecule has 13 heteroatoms. The lowest BCUT2D eigenvalue weighted by molar-refractivity contribution is -0.100. The van der Waals surface area contributed by atoms with Crippen LogP contribution in [-0.2, 0) is 16.3 Å². The zero-order valence-corrected chi connectivity index (χ0v) is 22.0. The number of nitrogens with zero attached hydrogens (tertiary/aromatic N) is 4. The van der Waals surface area contributed by atoms with Gasteiger partial charge in [0.1, 0.15) is 11.6 Å². The lowest BCUT2D eigenvalue weighted by Gasteiger charge is -2.63. The summed E-state index contributed by atoms with van der Waals surface area (Å²) in [7, 11) is -5.60. The molecule has 5 aliphatic rings. The van der Waals surface area contributed by atoms with E-state index >= 15 is 0 Å². The lowest BCUT2D eigenvalue weighted by atomic mass is 9.56. The summed E-state index contributed by atoms with van der Waals surface area (Å²) in [6.45, 7) is 2.81. The van der Waals surface area contributed by atoms with Crippen LogP contribution >= 0.6 is 0 Å². The van der Waals surface area contributed by atoms with Gasteiger partial charge in [0.2, 0.25) is 0 Å². The van der Waals surface area contributed by atoms with Gasteiger partial charge in [0, 0.05) is 48.8 Å². The summed E-state index contributed by atoms with van der Waals surface area (Å²) >= 11 is 0. The van der Waals surface area contributed by atoms with Crippen LogP contribution < -0.4 is 0 Å². The molecule has 5 fully saturated rings. The summed E-state index contributed by atoms with van der Waals surface area (Å²) in [5.41, 5.74) is -5.05. The SMILES string of the molecule is O=C(N1CC2(CC(Cc3cc(F)cc(S(=O)(=O)C(F)(F)F)c3)C2)C1)N1CC2(CC(c3n[nH]c(C4CC4)n3)C2)C1. The van der Waals surface area contributed by atoms with Crippen molar-refractivity contribution in [3.05, 3.63) is 41.2 Å². The van der Waals surface area contributed by atoms with Crippen LogP contribution in [0, 0.1) is 22.6 Å². The minimum absolute atomic E-state index is 0.00351. The van der Waals surface area contributed by atoms with E-state index < -0.39 is 26.1 Å². The fraction of sp³-hybridized carbons (Fsp3) is 0.654. The highest BCUT2D eigenvalue weighted by molar-refractivity contribution is 7.92. The number of hydrogen-bond acceptors (Lipinski definition) is 5. The summed E-state index contributed by atoms with van der Waals surface area (Å²) in [6, 6.07) is 2.48. The average Bonchev–Trinajstić information content (AvgIpc) is 3.49. The van der Waals surface area contributed by atoms with Gasteiger partial charge in [-0.2, -0.15) is 18.3 Å². The number of rotatable bonds is 5. The van der Waals surface area contributed by atoms with Crippen molar-refractivity contribution < 1.29 is 30.8 Å². The van der Waals surface area contributed by atoms with Crippen molar-refractivity contribution in [1.82, 2.24) is 25.0 Å². The fourth-order valence-corrected chi connectivity index (χ4v) is 8.20. The van der Waals surface area contributed by atoms with Gasteiger partial charge in [0.15, 0.2) is 5.82 Å². The molecule has 2 aromatic rings.